The number of aromatic nitrogens is 1. The molecule has 1 fully saturated rings. The molecule has 0 unspecified atom stereocenters. The van der Waals surface area contributed by atoms with E-state index in [0.29, 0.717) is 43.8 Å². The normalized spacial score (nSPS) is 15.3. The SMILES string of the molecule is C\C=C(/C=C\C=C\C(F)(F)F)c1ccc(NC(=O)c2ccc(N3CCC(C(=O)OCC)CC3)nc2)cc1C. The highest BCUT2D eigenvalue weighted by Gasteiger charge is 2.26. The zero-order valence-corrected chi connectivity index (χ0v) is 21.7. The lowest BCUT2D eigenvalue weighted by Gasteiger charge is -2.31. The molecule has 1 N–H and O–H groups in total. The van der Waals surface area contributed by atoms with Gasteiger partial charge >= 0.3 is 12.1 Å². The summed E-state index contributed by atoms with van der Waals surface area (Å²) in [5.41, 5.74) is 3.47. The van der Waals surface area contributed by atoms with Crippen LogP contribution >= 0.6 is 0 Å². The van der Waals surface area contributed by atoms with Gasteiger partial charge in [0.05, 0.1) is 18.1 Å². The van der Waals surface area contributed by atoms with E-state index in [9.17, 15) is 22.8 Å². The molecular formula is C29H32F3N3O3. The topological polar surface area (TPSA) is 71.5 Å². The van der Waals surface area contributed by atoms with Crippen molar-refractivity contribution in [1.29, 1.82) is 0 Å². The number of pyridine rings is 1. The Morgan fingerprint density at radius 3 is 2.47 bits per heavy atom. The minimum absolute atomic E-state index is 0.0859. The molecule has 0 aliphatic carbocycles. The number of carbonyl (C=O) groups is 2. The molecule has 1 saturated heterocycles. The second kappa shape index (κ2) is 13.1. The van der Waals surface area contributed by atoms with Crippen molar-refractivity contribution in [3.05, 3.63) is 83.6 Å². The number of anilines is 2. The molecule has 0 saturated carbocycles. The Morgan fingerprint density at radius 1 is 1.16 bits per heavy atom. The van der Waals surface area contributed by atoms with Crippen molar-refractivity contribution in [2.45, 2.75) is 39.8 Å². The highest BCUT2D eigenvalue weighted by molar-refractivity contribution is 6.04. The molecule has 3 rings (SSSR count). The summed E-state index contributed by atoms with van der Waals surface area (Å²) in [6, 6.07) is 8.89. The number of nitrogens with zero attached hydrogens (tertiary/aromatic N) is 2. The third-order valence-corrected chi connectivity index (χ3v) is 6.23. The Balaban J connectivity index is 1.60. The maximum absolute atomic E-state index is 12.8. The molecule has 2 aromatic rings. The molecule has 1 amide bonds. The summed E-state index contributed by atoms with van der Waals surface area (Å²) in [5.74, 6) is 0.214. The van der Waals surface area contributed by atoms with Crippen molar-refractivity contribution < 1.29 is 27.5 Å². The summed E-state index contributed by atoms with van der Waals surface area (Å²) in [6.07, 6.45) is 4.48. The van der Waals surface area contributed by atoms with Crippen molar-refractivity contribution in [3.8, 4) is 0 Å². The third kappa shape index (κ3) is 8.06. The first-order chi connectivity index (χ1) is 18.1. The number of esters is 1. The first-order valence-corrected chi connectivity index (χ1v) is 12.5. The van der Waals surface area contributed by atoms with Crippen molar-refractivity contribution >= 4 is 29.0 Å². The Bertz CT molecular complexity index is 1210. The maximum atomic E-state index is 12.8. The van der Waals surface area contributed by atoms with E-state index >= 15 is 0 Å². The number of hydrogen-bond donors (Lipinski definition) is 1. The first-order valence-electron chi connectivity index (χ1n) is 12.5. The minimum atomic E-state index is -4.35. The van der Waals surface area contributed by atoms with E-state index < -0.39 is 6.18 Å². The zero-order valence-electron chi connectivity index (χ0n) is 21.7. The third-order valence-electron chi connectivity index (χ3n) is 6.23. The van der Waals surface area contributed by atoms with Crippen LogP contribution in [0.15, 0.2) is 66.9 Å². The van der Waals surface area contributed by atoms with E-state index in [0.717, 1.165) is 28.6 Å². The first kappa shape index (κ1) is 28.7. The fourth-order valence-corrected chi connectivity index (χ4v) is 4.25. The summed E-state index contributed by atoms with van der Waals surface area (Å²) in [6.45, 7) is 7.24. The number of aryl methyl sites for hydroxylation is 1. The molecular weight excluding hydrogens is 495 g/mol. The molecule has 1 aromatic heterocycles. The predicted molar refractivity (Wildman–Crippen MR) is 143 cm³/mol. The number of hydrogen-bond acceptors (Lipinski definition) is 5. The number of rotatable bonds is 8. The Hall–Kier alpha value is -3.88. The van der Waals surface area contributed by atoms with Gasteiger partial charge in [-0.15, -0.1) is 0 Å². The number of benzene rings is 1. The van der Waals surface area contributed by atoms with Crippen LogP contribution < -0.4 is 10.2 Å². The van der Waals surface area contributed by atoms with Crippen LogP contribution in [0.25, 0.3) is 5.57 Å². The van der Waals surface area contributed by atoms with Crippen LogP contribution in [-0.2, 0) is 9.53 Å². The molecule has 0 radical (unpaired) electrons. The fraction of sp³-hybridized carbons (Fsp3) is 0.345. The average Bonchev–Trinajstić information content (AvgIpc) is 2.89. The molecule has 6 nitrogen and oxygen atoms in total. The van der Waals surface area contributed by atoms with E-state index in [2.05, 4.69) is 15.2 Å². The summed E-state index contributed by atoms with van der Waals surface area (Å²) in [5, 5.41) is 2.86. The van der Waals surface area contributed by atoms with Crippen molar-refractivity contribution in [3.63, 3.8) is 0 Å². The lowest BCUT2D eigenvalue weighted by molar-refractivity contribution is -0.148. The Kier molecular flexibility index (Phi) is 9.87. The van der Waals surface area contributed by atoms with Crippen LogP contribution in [0.5, 0.6) is 0 Å². The van der Waals surface area contributed by atoms with Crippen LogP contribution in [-0.4, -0.2) is 42.7 Å². The van der Waals surface area contributed by atoms with Crippen LogP contribution in [0.3, 0.4) is 0 Å². The van der Waals surface area contributed by atoms with Gasteiger partial charge in [-0.3, -0.25) is 9.59 Å². The number of ether oxygens (including phenoxy) is 1. The van der Waals surface area contributed by atoms with Gasteiger partial charge in [-0.05, 0) is 74.6 Å². The van der Waals surface area contributed by atoms with Crippen molar-refractivity contribution in [2.75, 3.05) is 29.9 Å². The summed E-state index contributed by atoms with van der Waals surface area (Å²) in [4.78, 5) is 31.3. The van der Waals surface area contributed by atoms with Gasteiger partial charge in [0.25, 0.3) is 5.91 Å². The van der Waals surface area contributed by atoms with Gasteiger partial charge in [0.15, 0.2) is 0 Å². The second-order valence-corrected chi connectivity index (χ2v) is 8.91. The zero-order chi connectivity index (χ0) is 27.7. The summed E-state index contributed by atoms with van der Waals surface area (Å²) >= 11 is 0. The average molecular weight is 528 g/mol. The molecule has 202 valence electrons. The van der Waals surface area contributed by atoms with Crippen LogP contribution in [0.4, 0.5) is 24.7 Å². The number of alkyl halides is 3. The highest BCUT2D eigenvalue weighted by atomic mass is 19.4. The van der Waals surface area contributed by atoms with E-state index in [-0.39, 0.29) is 23.9 Å². The Labute approximate surface area is 220 Å². The monoisotopic (exact) mass is 527 g/mol. The van der Waals surface area contributed by atoms with Crippen molar-refractivity contribution in [2.24, 2.45) is 5.92 Å². The molecule has 1 aliphatic rings. The van der Waals surface area contributed by atoms with Gasteiger partial charge in [-0.25, -0.2) is 4.98 Å². The van der Waals surface area contributed by atoms with E-state index in [4.69, 9.17) is 4.74 Å². The number of nitrogens with one attached hydrogen (secondary N) is 1. The maximum Gasteiger partial charge on any atom is 0.409 e. The number of amides is 1. The molecule has 1 aliphatic heterocycles. The number of halogens is 3. The summed E-state index contributed by atoms with van der Waals surface area (Å²) < 4.78 is 42.0. The highest BCUT2D eigenvalue weighted by Crippen LogP contribution is 2.25. The molecule has 38 heavy (non-hydrogen) atoms. The van der Waals surface area contributed by atoms with Gasteiger partial charge in [0.1, 0.15) is 5.82 Å². The molecule has 0 atom stereocenters. The molecule has 9 heteroatoms. The number of allylic oxidation sites excluding steroid dienone is 6. The van der Waals surface area contributed by atoms with Crippen LogP contribution in [0.1, 0.15) is 48.2 Å². The largest absolute Gasteiger partial charge is 0.466 e. The van der Waals surface area contributed by atoms with Crippen LogP contribution in [0.2, 0.25) is 0 Å². The van der Waals surface area contributed by atoms with Gasteiger partial charge in [-0.1, -0.05) is 30.4 Å². The second-order valence-electron chi connectivity index (χ2n) is 8.91. The predicted octanol–water partition coefficient (Wildman–Crippen LogP) is 6.50. The Morgan fingerprint density at radius 2 is 1.89 bits per heavy atom. The van der Waals surface area contributed by atoms with Gasteiger partial charge in [0.2, 0.25) is 0 Å². The fourth-order valence-electron chi connectivity index (χ4n) is 4.25. The van der Waals surface area contributed by atoms with E-state index in [1.54, 1.807) is 31.2 Å². The van der Waals surface area contributed by atoms with Gasteiger partial charge < -0.3 is 15.0 Å². The van der Waals surface area contributed by atoms with Gasteiger partial charge in [-0.2, -0.15) is 13.2 Å². The summed E-state index contributed by atoms with van der Waals surface area (Å²) in [7, 11) is 0. The smallest absolute Gasteiger partial charge is 0.409 e. The lowest BCUT2D eigenvalue weighted by atomic mass is 9.97. The minimum Gasteiger partial charge on any atom is -0.466 e. The molecule has 0 bridgehead atoms. The number of piperidine rings is 1. The molecule has 0 spiro atoms. The number of carbonyl (C=O) groups excluding carboxylic acids is 2. The molecule has 2 heterocycles. The quantitative estimate of drug-likeness (QED) is 0.313. The van der Waals surface area contributed by atoms with Crippen molar-refractivity contribution in [1.82, 2.24) is 4.98 Å². The van der Waals surface area contributed by atoms with Gasteiger partial charge in [0, 0.05) is 31.0 Å². The lowest BCUT2D eigenvalue weighted by Crippen LogP contribution is -2.37. The van der Waals surface area contributed by atoms with E-state index in [1.807, 2.05) is 32.1 Å². The van der Waals surface area contributed by atoms with Crippen LogP contribution in [0, 0.1) is 12.8 Å². The van der Waals surface area contributed by atoms with E-state index in [1.165, 1.54) is 12.3 Å². The standard InChI is InChI=1S/C29H32F3N3O3/c1-4-21(8-6-7-15-29(30,31)32)25-11-10-24(18-20(25)3)34-27(36)23-9-12-26(33-19-23)35-16-13-22(14-17-35)28(37)38-5-2/h4,6-12,15,18-19,22H,5,13-14,16-17H2,1-3H3,(H,34,36)/b8-6-,15-7+,21-4+. The molecule has 1 aromatic carbocycles.